The zero-order valence-corrected chi connectivity index (χ0v) is 15.1. The maximum atomic E-state index is 3.70. The van der Waals surface area contributed by atoms with Crippen molar-refractivity contribution < 1.29 is 0 Å². The van der Waals surface area contributed by atoms with Crippen molar-refractivity contribution in [1.29, 1.82) is 0 Å². The summed E-state index contributed by atoms with van der Waals surface area (Å²) in [4.78, 5) is 0. The van der Waals surface area contributed by atoms with Gasteiger partial charge in [-0.1, -0.05) is 61.3 Å². The third-order valence-electron chi connectivity index (χ3n) is 5.54. The standard InChI is InChI=1S/C19H39N/c1-8-9-15(4)18-12-17(19(5,6)7)11-10-16(18)13-20-14(2)3/h14-18,20H,8-13H2,1-7H3. The van der Waals surface area contributed by atoms with E-state index in [2.05, 4.69) is 53.8 Å². The van der Waals surface area contributed by atoms with E-state index in [9.17, 15) is 0 Å². The largest absolute Gasteiger partial charge is 0.314 e. The van der Waals surface area contributed by atoms with Gasteiger partial charge in [0, 0.05) is 6.04 Å². The zero-order valence-electron chi connectivity index (χ0n) is 15.1. The molecular weight excluding hydrogens is 242 g/mol. The molecule has 1 N–H and O–H groups in total. The Labute approximate surface area is 128 Å². The van der Waals surface area contributed by atoms with Crippen LogP contribution in [-0.2, 0) is 0 Å². The Hall–Kier alpha value is -0.0400. The van der Waals surface area contributed by atoms with Gasteiger partial charge < -0.3 is 5.32 Å². The van der Waals surface area contributed by atoms with E-state index < -0.39 is 0 Å². The van der Waals surface area contributed by atoms with Crippen LogP contribution in [0.25, 0.3) is 0 Å². The number of hydrogen-bond acceptors (Lipinski definition) is 1. The van der Waals surface area contributed by atoms with Crippen LogP contribution in [0.4, 0.5) is 0 Å². The summed E-state index contributed by atoms with van der Waals surface area (Å²) < 4.78 is 0. The molecule has 0 aromatic rings. The van der Waals surface area contributed by atoms with Crippen LogP contribution in [0.5, 0.6) is 0 Å². The van der Waals surface area contributed by atoms with Crippen molar-refractivity contribution >= 4 is 0 Å². The lowest BCUT2D eigenvalue weighted by atomic mass is 9.62. The first-order valence-electron chi connectivity index (χ1n) is 8.99. The molecule has 1 rings (SSSR count). The maximum absolute atomic E-state index is 3.70. The predicted molar refractivity (Wildman–Crippen MR) is 91.0 cm³/mol. The SMILES string of the molecule is CCCC(C)C1CC(C(C)(C)C)CCC1CNC(C)C. The summed E-state index contributed by atoms with van der Waals surface area (Å²) in [6.45, 7) is 17.9. The van der Waals surface area contributed by atoms with Crippen LogP contribution >= 0.6 is 0 Å². The van der Waals surface area contributed by atoms with Gasteiger partial charge >= 0.3 is 0 Å². The van der Waals surface area contributed by atoms with Gasteiger partial charge in [-0.05, 0) is 54.9 Å². The molecule has 0 aliphatic heterocycles. The number of nitrogens with one attached hydrogen (secondary N) is 1. The van der Waals surface area contributed by atoms with Gasteiger partial charge in [0.05, 0.1) is 0 Å². The average molecular weight is 282 g/mol. The average Bonchev–Trinajstić information content (AvgIpc) is 2.35. The van der Waals surface area contributed by atoms with Crippen LogP contribution in [0.15, 0.2) is 0 Å². The molecule has 0 amide bonds. The normalized spacial score (nSPS) is 29.7. The minimum atomic E-state index is 0.487. The van der Waals surface area contributed by atoms with Crippen molar-refractivity contribution in [3.63, 3.8) is 0 Å². The highest BCUT2D eigenvalue weighted by Crippen LogP contribution is 2.45. The van der Waals surface area contributed by atoms with Crippen molar-refractivity contribution in [2.24, 2.45) is 29.1 Å². The Morgan fingerprint density at radius 2 is 1.75 bits per heavy atom. The molecule has 0 radical (unpaired) electrons. The highest BCUT2D eigenvalue weighted by molar-refractivity contribution is 4.88. The lowest BCUT2D eigenvalue weighted by molar-refractivity contribution is 0.0646. The third kappa shape index (κ3) is 5.39. The lowest BCUT2D eigenvalue weighted by Gasteiger charge is -2.44. The second kappa shape index (κ2) is 7.82. The Morgan fingerprint density at radius 3 is 2.25 bits per heavy atom. The molecule has 4 atom stereocenters. The molecule has 20 heavy (non-hydrogen) atoms. The summed E-state index contributed by atoms with van der Waals surface area (Å²) in [6.07, 6.45) is 7.06. The monoisotopic (exact) mass is 281 g/mol. The fourth-order valence-electron chi connectivity index (χ4n) is 4.06. The molecule has 4 unspecified atom stereocenters. The van der Waals surface area contributed by atoms with Gasteiger partial charge in [-0.25, -0.2) is 0 Å². The van der Waals surface area contributed by atoms with E-state index in [1.165, 1.54) is 38.6 Å². The van der Waals surface area contributed by atoms with Gasteiger partial charge in [0.15, 0.2) is 0 Å². The van der Waals surface area contributed by atoms with Gasteiger partial charge in [-0.2, -0.15) is 0 Å². The van der Waals surface area contributed by atoms with Crippen LogP contribution < -0.4 is 5.32 Å². The molecule has 0 aromatic heterocycles. The maximum Gasteiger partial charge on any atom is 0.00104 e. The predicted octanol–water partition coefficient (Wildman–Crippen LogP) is 5.50. The van der Waals surface area contributed by atoms with Crippen molar-refractivity contribution in [1.82, 2.24) is 5.32 Å². The molecule has 1 aliphatic carbocycles. The summed E-state index contributed by atoms with van der Waals surface area (Å²) in [5.74, 6) is 3.64. The number of rotatable bonds is 6. The Morgan fingerprint density at radius 1 is 1.10 bits per heavy atom. The molecule has 0 spiro atoms. The molecule has 1 nitrogen and oxygen atoms in total. The highest BCUT2D eigenvalue weighted by atomic mass is 14.9. The molecule has 1 heteroatoms. The summed E-state index contributed by atoms with van der Waals surface area (Å²) in [5, 5.41) is 3.70. The zero-order chi connectivity index (χ0) is 15.3. The first-order valence-corrected chi connectivity index (χ1v) is 8.99. The second-order valence-electron chi connectivity index (χ2n) is 8.63. The lowest BCUT2D eigenvalue weighted by Crippen LogP contribution is -2.40. The van der Waals surface area contributed by atoms with Crippen LogP contribution in [0.3, 0.4) is 0 Å². The van der Waals surface area contributed by atoms with E-state index in [0.29, 0.717) is 11.5 Å². The summed E-state index contributed by atoms with van der Waals surface area (Å²) in [5.41, 5.74) is 0.487. The Kier molecular flexibility index (Phi) is 7.04. The minimum Gasteiger partial charge on any atom is -0.314 e. The van der Waals surface area contributed by atoms with E-state index in [1.807, 2.05) is 0 Å². The molecule has 120 valence electrons. The van der Waals surface area contributed by atoms with Gasteiger partial charge in [-0.15, -0.1) is 0 Å². The fourth-order valence-corrected chi connectivity index (χ4v) is 4.06. The number of hydrogen-bond donors (Lipinski definition) is 1. The van der Waals surface area contributed by atoms with E-state index >= 15 is 0 Å². The molecular formula is C19H39N. The third-order valence-corrected chi connectivity index (χ3v) is 5.54. The van der Waals surface area contributed by atoms with Gasteiger partial charge in [0.2, 0.25) is 0 Å². The van der Waals surface area contributed by atoms with E-state index in [-0.39, 0.29) is 0 Å². The summed E-state index contributed by atoms with van der Waals surface area (Å²) in [6, 6.07) is 0.623. The first kappa shape index (κ1) is 18.0. The van der Waals surface area contributed by atoms with Crippen molar-refractivity contribution in [2.75, 3.05) is 6.54 Å². The molecule has 0 bridgehead atoms. The molecule has 1 saturated carbocycles. The van der Waals surface area contributed by atoms with Crippen LogP contribution in [0, 0.1) is 29.1 Å². The van der Waals surface area contributed by atoms with Crippen LogP contribution in [0.2, 0.25) is 0 Å². The van der Waals surface area contributed by atoms with Crippen molar-refractivity contribution in [2.45, 2.75) is 86.6 Å². The molecule has 0 aromatic carbocycles. The van der Waals surface area contributed by atoms with E-state index in [1.54, 1.807) is 0 Å². The van der Waals surface area contributed by atoms with Gasteiger partial charge in [0.25, 0.3) is 0 Å². The first-order chi connectivity index (χ1) is 9.25. The highest BCUT2D eigenvalue weighted by Gasteiger charge is 2.37. The molecule has 1 fully saturated rings. The smallest absolute Gasteiger partial charge is 0.00104 e. The minimum absolute atomic E-state index is 0.487. The van der Waals surface area contributed by atoms with Crippen molar-refractivity contribution in [3.8, 4) is 0 Å². The van der Waals surface area contributed by atoms with Crippen LogP contribution in [-0.4, -0.2) is 12.6 Å². The fraction of sp³-hybridized carbons (Fsp3) is 1.00. The van der Waals surface area contributed by atoms with Crippen molar-refractivity contribution in [3.05, 3.63) is 0 Å². The Bertz CT molecular complexity index is 263. The molecule has 1 aliphatic rings. The van der Waals surface area contributed by atoms with E-state index in [4.69, 9.17) is 0 Å². The molecule has 0 heterocycles. The van der Waals surface area contributed by atoms with Gasteiger partial charge in [0.1, 0.15) is 0 Å². The van der Waals surface area contributed by atoms with E-state index in [0.717, 1.165) is 23.7 Å². The quantitative estimate of drug-likeness (QED) is 0.678. The Balaban J connectivity index is 2.69. The molecule has 0 saturated heterocycles. The second-order valence-corrected chi connectivity index (χ2v) is 8.63. The van der Waals surface area contributed by atoms with Gasteiger partial charge in [-0.3, -0.25) is 0 Å². The van der Waals surface area contributed by atoms with Crippen LogP contribution in [0.1, 0.15) is 80.6 Å². The topological polar surface area (TPSA) is 12.0 Å². The summed E-state index contributed by atoms with van der Waals surface area (Å²) in [7, 11) is 0. The summed E-state index contributed by atoms with van der Waals surface area (Å²) >= 11 is 0.